The fraction of sp³-hybridized carbons (Fsp3) is 0.333. The Balaban J connectivity index is 1.56. The Hall–Kier alpha value is -2.30. The van der Waals surface area contributed by atoms with Gasteiger partial charge in [0.2, 0.25) is 0 Å². The topological polar surface area (TPSA) is 78.5 Å². The predicted molar refractivity (Wildman–Crippen MR) is 113 cm³/mol. The first-order valence-electron chi connectivity index (χ1n) is 9.32. The summed E-state index contributed by atoms with van der Waals surface area (Å²) in [6.45, 7) is 4.72. The summed E-state index contributed by atoms with van der Waals surface area (Å²) in [7, 11) is 0. The van der Waals surface area contributed by atoms with Crippen molar-refractivity contribution in [3.05, 3.63) is 51.7 Å². The van der Waals surface area contributed by atoms with Gasteiger partial charge in [-0.15, -0.1) is 0 Å². The zero-order valence-electron chi connectivity index (χ0n) is 15.8. The number of hydrogen-bond donors (Lipinski definition) is 1. The van der Waals surface area contributed by atoms with Crippen molar-refractivity contribution in [2.75, 3.05) is 39.4 Å². The van der Waals surface area contributed by atoms with Crippen molar-refractivity contribution < 1.29 is 13.9 Å². The number of nitriles is 1. The summed E-state index contributed by atoms with van der Waals surface area (Å²) in [5.74, 6) is 0.561. The number of amides is 1. The quantitative estimate of drug-likeness (QED) is 0.405. The van der Waals surface area contributed by atoms with Gasteiger partial charge >= 0.3 is 0 Å². The van der Waals surface area contributed by atoms with E-state index in [2.05, 4.69) is 10.2 Å². The van der Waals surface area contributed by atoms with Crippen LogP contribution in [-0.2, 0) is 9.53 Å². The number of morpholine rings is 1. The summed E-state index contributed by atoms with van der Waals surface area (Å²) in [5.41, 5.74) is 0.747. The van der Waals surface area contributed by atoms with Crippen molar-refractivity contribution >= 4 is 35.2 Å². The molecule has 29 heavy (non-hydrogen) atoms. The van der Waals surface area contributed by atoms with E-state index >= 15 is 0 Å². The first-order chi connectivity index (χ1) is 14.1. The molecule has 0 atom stereocenters. The van der Waals surface area contributed by atoms with E-state index < -0.39 is 5.91 Å². The molecule has 0 aliphatic carbocycles. The Kier molecular flexibility index (Phi) is 7.73. The van der Waals surface area contributed by atoms with Crippen LogP contribution in [0.3, 0.4) is 0 Å². The lowest BCUT2D eigenvalue weighted by molar-refractivity contribution is -0.117. The smallest absolute Gasteiger partial charge is 0.262 e. The summed E-state index contributed by atoms with van der Waals surface area (Å²) in [4.78, 5) is 14.6. The van der Waals surface area contributed by atoms with Crippen molar-refractivity contribution in [1.82, 2.24) is 10.2 Å². The van der Waals surface area contributed by atoms with E-state index in [9.17, 15) is 10.1 Å². The first-order valence-corrected chi connectivity index (χ1v) is 10.1. The van der Waals surface area contributed by atoms with Crippen LogP contribution in [-0.4, -0.2) is 50.2 Å². The normalized spacial score (nSPS) is 15.1. The van der Waals surface area contributed by atoms with Crippen molar-refractivity contribution in [1.29, 1.82) is 5.26 Å². The summed E-state index contributed by atoms with van der Waals surface area (Å²) in [6, 6.07) is 10.5. The minimum absolute atomic E-state index is 0.00795. The second-order valence-corrected chi connectivity index (χ2v) is 7.38. The molecule has 1 aliphatic heterocycles. The fourth-order valence-corrected chi connectivity index (χ4v) is 3.25. The van der Waals surface area contributed by atoms with Crippen LogP contribution in [0.25, 0.3) is 17.4 Å². The second kappa shape index (κ2) is 10.5. The molecule has 0 radical (unpaired) electrons. The maximum absolute atomic E-state index is 12.3. The third-order valence-corrected chi connectivity index (χ3v) is 5.26. The number of rotatable bonds is 7. The largest absolute Gasteiger partial charge is 0.457 e. The van der Waals surface area contributed by atoms with Gasteiger partial charge in [-0.1, -0.05) is 23.2 Å². The molecule has 1 N–H and O–H groups in total. The molecule has 1 amide bonds. The zero-order chi connectivity index (χ0) is 20.6. The Morgan fingerprint density at radius 2 is 2.00 bits per heavy atom. The number of nitrogens with one attached hydrogen (secondary N) is 1. The summed E-state index contributed by atoms with van der Waals surface area (Å²) in [6.07, 6.45) is 2.24. The molecule has 1 fully saturated rings. The third kappa shape index (κ3) is 6.09. The van der Waals surface area contributed by atoms with Crippen molar-refractivity contribution in [2.24, 2.45) is 0 Å². The van der Waals surface area contributed by atoms with Crippen LogP contribution in [0.15, 0.2) is 40.3 Å². The first kappa shape index (κ1) is 21.4. The molecule has 0 bridgehead atoms. The molecule has 3 rings (SSSR count). The molecular weight excluding hydrogens is 413 g/mol. The van der Waals surface area contributed by atoms with Gasteiger partial charge in [0.15, 0.2) is 0 Å². The number of carbonyl (C=O) groups is 1. The second-order valence-electron chi connectivity index (χ2n) is 6.56. The van der Waals surface area contributed by atoms with E-state index in [1.54, 1.807) is 30.3 Å². The predicted octanol–water partition coefficient (Wildman–Crippen LogP) is 4.00. The molecule has 2 aromatic rings. The summed E-state index contributed by atoms with van der Waals surface area (Å²) < 4.78 is 11.0. The third-order valence-electron chi connectivity index (χ3n) is 4.52. The molecule has 8 heteroatoms. The van der Waals surface area contributed by atoms with Crippen LogP contribution in [0.4, 0.5) is 0 Å². The lowest BCUT2D eigenvalue weighted by Crippen LogP contribution is -2.38. The summed E-state index contributed by atoms with van der Waals surface area (Å²) in [5, 5.41) is 13.0. The van der Waals surface area contributed by atoms with E-state index in [1.807, 2.05) is 6.07 Å². The van der Waals surface area contributed by atoms with Gasteiger partial charge in [-0.3, -0.25) is 9.69 Å². The highest BCUT2D eigenvalue weighted by Crippen LogP contribution is 2.30. The minimum atomic E-state index is -0.415. The Labute approximate surface area is 179 Å². The molecule has 6 nitrogen and oxygen atoms in total. The highest BCUT2D eigenvalue weighted by atomic mass is 35.5. The monoisotopic (exact) mass is 433 g/mol. The van der Waals surface area contributed by atoms with Gasteiger partial charge in [0.1, 0.15) is 23.2 Å². The van der Waals surface area contributed by atoms with E-state index in [1.165, 1.54) is 6.08 Å². The molecule has 0 saturated carbocycles. The van der Waals surface area contributed by atoms with Gasteiger partial charge in [-0.2, -0.15) is 5.26 Å². The van der Waals surface area contributed by atoms with Crippen LogP contribution >= 0.6 is 23.2 Å². The van der Waals surface area contributed by atoms with E-state index in [-0.39, 0.29) is 5.57 Å². The van der Waals surface area contributed by atoms with Gasteiger partial charge in [0.25, 0.3) is 5.91 Å². The average molecular weight is 434 g/mol. The van der Waals surface area contributed by atoms with Crippen LogP contribution < -0.4 is 5.32 Å². The number of benzene rings is 1. The Morgan fingerprint density at radius 3 is 2.72 bits per heavy atom. The molecule has 0 unspecified atom stereocenters. The lowest BCUT2D eigenvalue weighted by Gasteiger charge is -2.26. The van der Waals surface area contributed by atoms with Gasteiger partial charge in [0.05, 0.1) is 23.3 Å². The van der Waals surface area contributed by atoms with Gasteiger partial charge in [-0.05, 0) is 43.3 Å². The van der Waals surface area contributed by atoms with E-state index in [0.29, 0.717) is 28.1 Å². The van der Waals surface area contributed by atoms with Gasteiger partial charge in [0, 0.05) is 31.3 Å². The molecule has 152 valence electrons. The van der Waals surface area contributed by atoms with Crippen LogP contribution in [0.5, 0.6) is 0 Å². The van der Waals surface area contributed by atoms with E-state index in [0.717, 1.165) is 44.8 Å². The number of furan rings is 1. The average Bonchev–Trinajstić information content (AvgIpc) is 3.20. The van der Waals surface area contributed by atoms with Crippen LogP contribution in [0.1, 0.15) is 12.2 Å². The standard InChI is InChI=1S/C21H21Cl2N3O3/c22-18-4-2-15(13-19(18)23)20-5-3-17(29-20)12-16(14-24)21(27)25-6-1-7-26-8-10-28-11-9-26/h2-5,12-13H,1,6-11H2,(H,25,27)/b16-12-. The summed E-state index contributed by atoms with van der Waals surface area (Å²) >= 11 is 12.0. The van der Waals surface area contributed by atoms with Crippen molar-refractivity contribution in [3.63, 3.8) is 0 Å². The number of carbonyl (C=O) groups excluding carboxylic acids is 1. The highest BCUT2D eigenvalue weighted by Gasteiger charge is 2.13. The molecule has 1 aliphatic rings. The molecule has 1 aromatic carbocycles. The fourth-order valence-electron chi connectivity index (χ4n) is 2.95. The number of halogens is 2. The van der Waals surface area contributed by atoms with Gasteiger partial charge < -0.3 is 14.5 Å². The van der Waals surface area contributed by atoms with Crippen molar-refractivity contribution in [3.8, 4) is 17.4 Å². The SMILES string of the molecule is N#C/C(=C/c1ccc(-c2ccc(Cl)c(Cl)c2)o1)C(=O)NCCCN1CCOCC1. The zero-order valence-corrected chi connectivity index (χ0v) is 17.3. The molecule has 1 saturated heterocycles. The Morgan fingerprint density at radius 1 is 1.21 bits per heavy atom. The van der Waals surface area contributed by atoms with Gasteiger partial charge in [-0.25, -0.2) is 0 Å². The van der Waals surface area contributed by atoms with E-state index in [4.69, 9.17) is 32.4 Å². The maximum Gasteiger partial charge on any atom is 0.262 e. The Bertz CT molecular complexity index is 927. The number of nitrogens with zero attached hydrogens (tertiary/aromatic N) is 2. The lowest BCUT2D eigenvalue weighted by atomic mass is 10.2. The minimum Gasteiger partial charge on any atom is -0.457 e. The van der Waals surface area contributed by atoms with Crippen LogP contribution in [0, 0.1) is 11.3 Å². The molecular formula is C21H21Cl2N3O3. The molecule has 0 spiro atoms. The highest BCUT2D eigenvalue weighted by molar-refractivity contribution is 6.42. The molecule has 1 aromatic heterocycles. The molecule has 2 heterocycles. The van der Waals surface area contributed by atoms with Crippen molar-refractivity contribution in [2.45, 2.75) is 6.42 Å². The van der Waals surface area contributed by atoms with Crippen LogP contribution in [0.2, 0.25) is 10.0 Å². The maximum atomic E-state index is 12.3. The number of ether oxygens (including phenoxy) is 1. The number of hydrogen-bond acceptors (Lipinski definition) is 5.